The first kappa shape index (κ1) is 14.7. The monoisotopic (exact) mass is 270 g/mol. The van der Waals surface area contributed by atoms with Crippen molar-refractivity contribution in [2.24, 2.45) is 5.92 Å². The fraction of sp³-hybridized carbons (Fsp3) is 1.00. The van der Waals surface area contributed by atoms with Crippen molar-refractivity contribution in [2.75, 3.05) is 19.3 Å². The van der Waals surface area contributed by atoms with Crippen molar-refractivity contribution in [3.63, 3.8) is 0 Å². The fourth-order valence-electron chi connectivity index (χ4n) is 3.58. The van der Waals surface area contributed by atoms with E-state index >= 15 is 0 Å². The van der Waals surface area contributed by atoms with Crippen LogP contribution in [0, 0.1) is 5.92 Å². The molecule has 1 aliphatic heterocycles. The zero-order valence-electron chi connectivity index (χ0n) is 12.5. The van der Waals surface area contributed by atoms with Gasteiger partial charge in [-0.2, -0.15) is 11.8 Å². The maximum atomic E-state index is 4.01. The number of hydrogen-bond donors (Lipinski definition) is 1. The van der Waals surface area contributed by atoms with Crippen molar-refractivity contribution in [3.8, 4) is 0 Å². The molecule has 1 saturated heterocycles. The maximum absolute atomic E-state index is 4.01. The van der Waals surface area contributed by atoms with E-state index in [2.05, 4.69) is 49.8 Å². The molecule has 2 fully saturated rings. The summed E-state index contributed by atoms with van der Waals surface area (Å²) in [5, 5.41) is 4.88. The van der Waals surface area contributed by atoms with Crippen LogP contribution in [-0.4, -0.2) is 47.6 Å². The summed E-state index contributed by atoms with van der Waals surface area (Å²) in [6.45, 7) is 8.32. The van der Waals surface area contributed by atoms with Gasteiger partial charge in [-0.1, -0.05) is 20.3 Å². The van der Waals surface area contributed by atoms with Gasteiger partial charge in [-0.3, -0.25) is 0 Å². The van der Waals surface area contributed by atoms with Crippen molar-refractivity contribution in [1.29, 1.82) is 0 Å². The van der Waals surface area contributed by atoms with Crippen LogP contribution < -0.4 is 5.32 Å². The Bertz CT molecular complexity index is 259. The van der Waals surface area contributed by atoms with Crippen LogP contribution in [0.15, 0.2) is 0 Å². The van der Waals surface area contributed by atoms with E-state index in [1.165, 1.54) is 38.0 Å². The van der Waals surface area contributed by atoms with Crippen LogP contribution in [0.1, 0.15) is 46.5 Å². The molecule has 2 aliphatic rings. The van der Waals surface area contributed by atoms with E-state index in [0.717, 1.165) is 29.3 Å². The zero-order valence-corrected chi connectivity index (χ0v) is 13.3. The van der Waals surface area contributed by atoms with Gasteiger partial charge >= 0.3 is 0 Å². The van der Waals surface area contributed by atoms with Crippen LogP contribution in [-0.2, 0) is 0 Å². The molecule has 1 aliphatic carbocycles. The van der Waals surface area contributed by atoms with E-state index in [9.17, 15) is 0 Å². The number of rotatable bonds is 4. The molecule has 18 heavy (non-hydrogen) atoms. The molecule has 0 aromatic carbocycles. The molecule has 106 valence electrons. The zero-order chi connectivity index (χ0) is 13.1. The minimum atomic E-state index is 0.734. The average Bonchev–Trinajstić information content (AvgIpc) is 2.74. The maximum Gasteiger partial charge on any atom is 0.0201 e. The molecule has 2 nitrogen and oxygen atoms in total. The predicted molar refractivity (Wildman–Crippen MR) is 82.4 cm³/mol. The highest BCUT2D eigenvalue weighted by Gasteiger charge is 2.34. The van der Waals surface area contributed by atoms with Crippen LogP contribution in [0.25, 0.3) is 0 Å². The molecule has 0 aromatic rings. The Kier molecular flexibility index (Phi) is 5.40. The first-order chi connectivity index (χ1) is 8.61. The third-order valence-electron chi connectivity index (χ3n) is 4.87. The molecule has 0 radical (unpaired) electrons. The first-order valence-corrected chi connectivity index (χ1v) is 8.74. The summed E-state index contributed by atoms with van der Waals surface area (Å²) in [5.74, 6) is 2.06. The van der Waals surface area contributed by atoms with Gasteiger partial charge in [-0.25, -0.2) is 0 Å². The molecular weight excluding hydrogens is 240 g/mol. The Labute approximate surface area is 117 Å². The van der Waals surface area contributed by atoms with Crippen LogP contribution in [0.3, 0.4) is 0 Å². The quantitative estimate of drug-likeness (QED) is 0.845. The molecule has 3 heteroatoms. The minimum absolute atomic E-state index is 0.734. The van der Waals surface area contributed by atoms with Gasteiger partial charge < -0.3 is 10.2 Å². The Morgan fingerprint density at radius 3 is 2.72 bits per heavy atom. The third kappa shape index (κ3) is 3.43. The Balaban J connectivity index is 1.88. The third-order valence-corrected chi connectivity index (χ3v) is 6.20. The van der Waals surface area contributed by atoms with Crippen molar-refractivity contribution < 1.29 is 0 Å². The Morgan fingerprint density at radius 1 is 1.22 bits per heavy atom. The Hall–Kier alpha value is 0.270. The molecule has 0 amide bonds. The summed E-state index contributed by atoms with van der Waals surface area (Å²) >= 11 is 2.17. The molecule has 0 aromatic heterocycles. The van der Waals surface area contributed by atoms with Gasteiger partial charge in [-0.05, 0) is 44.9 Å². The van der Waals surface area contributed by atoms with E-state index in [4.69, 9.17) is 0 Å². The van der Waals surface area contributed by atoms with E-state index < -0.39 is 0 Å². The second kappa shape index (κ2) is 6.62. The summed E-state index contributed by atoms with van der Waals surface area (Å²) in [6.07, 6.45) is 5.56. The second-order valence-corrected chi connectivity index (χ2v) is 7.82. The SMILES string of the molecule is CCSC1CCCC1NC1CC(C)N(C)CC1C. The van der Waals surface area contributed by atoms with Crippen molar-refractivity contribution in [2.45, 2.75) is 69.8 Å². The second-order valence-electron chi connectivity index (χ2n) is 6.31. The van der Waals surface area contributed by atoms with E-state index in [-0.39, 0.29) is 0 Å². The molecule has 5 unspecified atom stereocenters. The summed E-state index contributed by atoms with van der Waals surface area (Å²) in [4.78, 5) is 2.51. The minimum Gasteiger partial charge on any atom is -0.310 e. The Morgan fingerprint density at radius 2 is 2.00 bits per heavy atom. The van der Waals surface area contributed by atoms with Crippen LogP contribution >= 0.6 is 11.8 Å². The number of thioether (sulfide) groups is 1. The molecule has 5 atom stereocenters. The van der Waals surface area contributed by atoms with Crippen LogP contribution in [0.5, 0.6) is 0 Å². The van der Waals surface area contributed by atoms with Crippen molar-refractivity contribution in [1.82, 2.24) is 10.2 Å². The highest BCUT2D eigenvalue weighted by atomic mass is 32.2. The lowest BCUT2D eigenvalue weighted by molar-refractivity contribution is 0.116. The van der Waals surface area contributed by atoms with Crippen molar-refractivity contribution >= 4 is 11.8 Å². The first-order valence-electron chi connectivity index (χ1n) is 7.69. The van der Waals surface area contributed by atoms with Crippen LogP contribution in [0.4, 0.5) is 0 Å². The summed E-state index contributed by atoms with van der Waals surface area (Å²) in [6, 6.07) is 2.25. The normalized spacial score (nSPS) is 42.3. The number of nitrogens with one attached hydrogen (secondary N) is 1. The predicted octanol–water partition coefficient (Wildman–Crippen LogP) is 2.98. The van der Waals surface area contributed by atoms with Gasteiger partial charge in [0.2, 0.25) is 0 Å². The average molecular weight is 270 g/mol. The topological polar surface area (TPSA) is 15.3 Å². The summed E-state index contributed by atoms with van der Waals surface area (Å²) < 4.78 is 0. The lowest BCUT2D eigenvalue weighted by atomic mass is 9.89. The number of likely N-dealkylation sites (tertiary alicyclic amines) is 1. The molecule has 2 rings (SSSR count). The molecule has 1 saturated carbocycles. The fourth-order valence-corrected chi connectivity index (χ4v) is 4.79. The highest BCUT2D eigenvalue weighted by Crippen LogP contribution is 2.32. The van der Waals surface area contributed by atoms with Crippen LogP contribution in [0.2, 0.25) is 0 Å². The van der Waals surface area contributed by atoms with Gasteiger partial charge in [0.15, 0.2) is 0 Å². The molecule has 1 N–H and O–H groups in total. The molecular formula is C15H30N2S. The number of hydrogen-bond acceptors (Lipinski definition) is 3. The summed E-state index contributed by atoms with van der Waals surface area (Å²) in [5.41, 5.74) is 0. The largest absolute Gasteiger partial charge is 0.310 e. The van der Waals surface area contributed by atoms with E-state index in [1.54, 1.807) is 0 Å². The van der Waals surface area contributed by atoms with Gasteiger partial charge in [0.05, 0.1) is 0 Å². The van der Waals surface area contributed by atoms with Gasteiger partial charge in [0.25, 0.3) is 0 Å². The number of nitrogens with zero attached hydrogens (tertiary/aromatic N) is 1. The lowest BCUT2D eigenvalue weighted by Gasteiger charge is -2.41. The molecule has 1 heterocycles. The lowest BCUT2D eigenvalue weighted by Crippen LogP contribution is -2.54. The molecule has 0 spiro atoms. The number of piperidine rings is 1. The standard InChI is InChI=1S/C15H30N2S/c1-5-18-15-8-6-7-13(15)16-14-9-12(3)17(4)10-11(14)2/h11-16H,5-10H2,1-4H3. The molecule has 0 bridgehead atoms. The van der Waals surface area contributed by atoms with Crippen molar-refractivity contribution in [3.05, 3.63) is 0 Å². The summed E-state index contributed by atoms with van der Waals surface area (Å²) in [7, 11) is 2.27. The van der Waals surface area contributed by atoms with Gasteiger partial charge in [0, 0.05) is 29.9 Å². The van der Waals surface area contributed by atoms with E-state index in [1.807, 2.05) is 0 Å². The van der Waals surface area contributed by atoms with E-state index in [0.29, 0.717) is 0 Å². The van der Waals surface area contributed by atoms with Gasteiger partial charge in [-0.15, -0.1) is 0 Å². The highest BCUT2D eigenvalue weighted by molar-refractivity contribution is 7.99. The smallest absolute Gasteiger partial charge is 0.0201 e. The van der Waals surface area contributed by atoms with Gasteiger partial charge in [0.1, 0.15) is 0 Å².